The summed E-state index contributed by atoms with van der Waals surface area (Å²) in [7, 11) is 2.14. The van der Waals surface area contributed by atoms with Gasteiger partial charge in [-0.3, -0.25) is 0 Å². The maximum atomic E-state index is 14.7. The summed E-state index contributed by atoms with van der Waals surface area (Å²) >= 11 is 3.90. The van der Waals surface area contributed by atoms with E-state index >= 15 is 0 Å². The molecule has 24 heavy (non-hydrogen) atoms. The van der Waals surface area contributed by atoms with Gasteiger partial charge in [0.05, 0.1) is 5.92 Å². The van der Waals surface area contributed by atoms with Gasteiger partial charge in [0.2, 0.25) is 0 Å². The minimum Gasteiger partial charge on any atom is -0.372 e. The molecule has 0 spiro atoms. The van der Waals surface area contributed by atoms with Crippen LogP contribution in [0.4, 0.5) is 4.39 Å². The first-order valence-corrected chi connectivity index (χ1v) is 9.55. The molecule has 1 aliphatic heterocycles. The fourth-order valence-corrected chi connectivity index (χ4v) is 5.95. The maximum absolute atomic E-state index is 14.7. The third-order valence-electron chi connectivity index (χ3n) is 6.09. The minimum absolute atomic E-state index is 0.0196. The second-order valence-electron chi connectivity index (χ2n) is 7.64. The van der Waals surface area contributed by atoms with Gasteiger partial charge in [0.25, 0.3) is 0 Å². The van der Waals surface area contributed by atoms with Crippen LogP contribution in [0.15, 0.2) is 60.1 Å². The van der Waals surface area contributed by atoms with Gasteiger partial charge in [-0.15, -0.1) is 0 Å². The molecule has 3 heteroatoms. The molecule has 2 aliphatic carbocycles. The van der Waals surface area contributed by atoms with E-state index in [1.165, 1.54) is 11.1 Å². The Morgan fingerprint density at radius 2 is 1.92 bits per heavy atom. The fourth-order valence-electron chi connectivity index (χ4n) is 4.55. The van der Waals surface area contributed by atoms with E-state index in [1.807, 2.05) is 12.1 Å². The Bertz CT molecular complexity index is 746. The lowest BCUT2D eigenvalue weighted by atomic mass is 9.79. The number of halogens is 2. The molecular formula is C21H23BrFN. The Morgan fingerprint density at radius 1 is 1.21 bits per heavy atom. The van der Waals surface area contributed by atoms with E-state index in [2.05, 4.69) is 72.1 Å². The highest BCUT2D eigenvalue weighted by atomic mass is 79.9. The lowest BCUT2D eigenvalue weighted by Gasteiger charge is -2.46. The molecule has 1 heterocycles. The molecule has 3 unspecified atom stereocenters. The largest absolute Gasteiger partial charge is 0.372 e. The highest BCUT2D eigenvalue weighted by Gasteiger charge is 2.63. The summed E-state index contributed by atoms with van der Waals surface area (Å²) in [5.41, 5.74) is 3.74. The zero-order valence-corrected chi connectivity index (χ0v) is 15.9. The van der Waals surface area contributed by atoms with Gasteiger partial charge in [-0.05, 0) is 37.5 Å². The molecule has 126 valence electrons. The van der Waals surface area contributed by atoms with E-state index in [4.69, 9.17) is 0 Å². The quantitative estimate of drug-likeness (QED) is 0.600. The van der Waals surface area contributed by atoms with Crippen molar-refractivity contribution in [1.29, 1.82) is 0 Å². The van der Waals surface area contributed by atoms with E-state index in [0.29, 0.717) is 16.7 Å². The number of alkyl halides is 1. The lowest BCUT2D eigenvalue weighted by Crippen LogP contribution is -2.47. The zero-order chi connectivity index (χ0) is 17.1. The van der Waals surface area contributed by atoms with Crippen LogP contribution in [0.25, 0.3) is 5.57 Å². The molecule has 1 nitrogen and oxygen atoms in total. The summed E-state index contributed by atoms with van der Waals surface area (Å²) < 4.78 is 14.7. The van der Waals surface area contributed by atoms with Gasteiger partial charge >= 0.3 is 0 Å². The SMILES string of the molecule is CN1C(C2CC=CC=C2F)=C(c2ccccc2)C2C(Br)[C@@H]2C1(C)C. The molecule has 0 amide bonds. The number of fused-ring (bicyclic) bond motifs is 1. The van der Waals surface area contributed by atoms with Gasteiger partial charge in [-0.2, -0.15) is 0 Å². The number of allylic oxidation sites excluding steroid dienone is 5. The van der Waals surface area contributed by atoms with E-state index in [-0.39, 0.29) is 17.3 Å². The van der Waals surface area contributed by atoms with Crippen molar-refractivity contribution in [3.63, 3.8) is 0 Å². The summed E-state index contributed by atoms with van der Waals surface area (Å²) in [5, 5.41) is 0. The normalized spacial score (nSPS) is 34.0. The molecule has 0 N–H and O–H groups in total. The molecule has 0 radical (unpaired) electrons. The van der Waals surface area contributed by atoms with Crippen molar-refractivity contribution < 1.29 is 4.39 Å². The summed E-state index contributed by atoms with van der Waals surface area (Å²) in [4.78, 5) is 2.81. The van der Waals surface area contributed by atoms with Gasteiger partial charge in [0, 0.05) is 34.9 Å². The third-order valence-corrected chi connectivity index (χ3v) is 7.23. The molecule has 1 saturated carbocycles. The lowest BCUT2D eigenvalue weighted by molar-refractivity contribution is 0.145. The fraction of sp³-hybridized carbons (Fsp3) is 0.429. The topological polar surface area (TPSA) is 3.24 Å². The number of rotatable bonds is 2. The van der Waals surface area contributed by atoms with Crippen molar-refractivity contribution in [2.24, 2.45) is 17.8 Å². The molecule has 1 aromatic rings. The molecule has 4 atom stereocenters. The maximum Gasteiger partial charge on any atom is 0.109 e. The van der Waals surface area contributed by atoms with Gasteiger partial charge in [-0.25, -0.2) is 4.39 Å². The average molecular weight is 388 g/mol. The van der Waals surface area contributed by atoms with Crippen LogP contribution >= 0.6 is 15.9 Å². The molecule has 1 fully saturated rings. The van der Waals surface area contributed by atoms with Crippen LogP contribution in [0.2, 0.25) is 0 Å². The second kappa shape index (κ2) is 5.59. The van der Waals surface area contributed by atoms with Crippen LogP contribution in [0.1, 0.15) is 25.8 Å². The predicted molar refractivity (Wildman–Crippen MR) is 101 cm³/mol. The van der Waals surface area contributed by atoms with Crippen LogP contribution < -0.4 is 0 Å². The summed E-state index contributed by atoms with van der Waals surface area (Å²) in [6, 6.07) is 10.5. The number of nitrogens with zero attached hydrogens (tertiary/aromatic N) is 1. The Hall–Kier alpha value is -1.35. The third kappa shape index (κ3) is 2.24. The highest BCUT2D eigenvalue weighted by molar-refractivity contribution is 9.09. The Morgan fingerprint density at radius 3 is 2.58 bits per heavy atom. The van der Waals surface area contributed by atoms with Gasteiger partial charge in [-0.1, -0.05) is 58.4 Å². The number of benzene rings is 1. The van der Waals surface area contributed by atoms with Crippen LogP contribution in [-0.2, 0) is 0 Å². The highest BCUT2D eigenvalue weighted by Crippen LogP contribution is 2.64. The van der Waals surface area contributed by atoms with Gasteiger partial charge in [0.1, 0.15) is 5.83 Å². The smallest absolute Gasteiger partial charge is 0.109 e. The van der Waals surface area contributed by atoms with Gasteiger partial charge in [0.15, 0.2) is 0 Å². The molecule has 4 rings (SSSR count). The van der Waals surface area contributed by atoms with Crippen molar-refractivity contribution in [2.45, 2.75) is 30.6 Å². The number of hydrogen-bond donors (Lipinski definition) is 0. The first-order chi connectivity index (χ1) is 11.4. The summed E-state index contributed by atoms with van der Waals surface area (Å²) in [6.45, 7) is 4.57. The van der Waals surface area contributed by atoms with Crippen LogP contribution in [0.3, 0.4) is 0 Å². The van der Waals surface area contributed by atoms with Crippen LogP contribution in [-0.4, -0.2) is 22.3 Å². The Balaban J connectivity index is 1.92. The standard InChI is InChI=1S/C21H23BrFN/c1-21(2)18-17(19(18)22)16(13-9-5-4-6-10-13)20(24(21)3)14-11-7-8-12-15(14)23/h4-10,12,14,17-19H,11H2,1-3H3/t14?,17?,18-,19?/m1/s1. The summed E-state index contributed by atoms with van der Waals surface area (Å²) in [5.74, 6) is 0.837. The van der Waals surface area contributed by atoms with Crippen LogP contribution in [0.5, 0.6) is 0 Å². The van der Waals surface area contributed by atoms with Crippen molar-refractivity contribution >= 4 is 21.5 Å². The first-order valence-electron chi connectivity index (χ1n) is 8.64. The van der Waals surface area contributed by atoms with E-state index in [0.717, 1.165) is 12.1 Å². The molecule has 0 aromatic heterocycles. The van der Waals surface area contributed by atoms with Crippen molar-refractivity contribution in [2.75, 3.05) is 7.05 Å². The predicted octanol–water partition coefficient (Wildman–Crippen LogP) is 5.56. The molecular weight excluding hydrogens is 365 g/mol. The van der Waals surface area contributed by atoms with Crippen LogP contribution in [0, 0.1) is 17.8 Å². The summed E-state index contributed by atoms with van der Waals surface area (Å²) in [6.07, 6.45) is 6.26. The zero-order valence-electron chi connectivity index (χ0n) is 14.3. The molecule has 3 aliphatic rings. The monoisotopic (exact) mass is 387 g/mol. The average Bonchev–Trinajstić information content (AvgIpc) is 3.25. The van der Waals surface area contributed by atoms with Gasteiger partial charge < -0.3 is 4.90 Å². The van der Waals surface area contributed by atoms with E-state index in [1.54, 1.807) is 6.08 Å². The molecule has 1 aromatic carbocycles. The van der Waals surface area contributed by atoms with Crippen molar-refractivity contribution in [3.05, 3.63) is 65.6 Å². The Kier molecular flexibility index (Phi) is 3.76. The van der Waals surface area contributed by atoms with E-state index in [9.17, 15) is 4.39 Å². The van der Waals surface area contributed by atoms with Crippen molar-refractivity contribution in [3.8, 4) is 0 Å². The van der Waals surface area contributed by atoms with Crippen molar-refractivity contribution in [1.82, 2.24) is 4.90 Å². The molecule has 0 saturated heterocycles. The molecule has 0 bridgehead atoms. The second-order valence-corrected chi connectivity index (χ2v) is 8.70. The number of hydrogen-bond acceptors (Lipinski definition) is 1. The Labute approximate surface area is 152 Å². The first kappa shape index (κ1) is 16.1. The minimum atomic E-state index is -0.171. The van der Waals surface area contributed by atoms with E-state index < -0.39 is 0 Å².